The van der Waals surface area contributed by atoms with Crippen molar-refractivity contribution in [2.24, 2.45) is 5.41 Å². The van der Waals surface area contributed by atoms with Crippen LogP contribution < -0.4 is 4.90 Å². The van der Waals surface area contributed by atoms with E-state index < -0.39 is 0 Å². The van der Waals surface area contributed by atoms with E-state index in [0.29, 0.717) is 11.8 Å². The molecule has 0 radical (unpaired) electrons. The van der Waals surface area contributed by atoms with Gasteiger partial charge in [0.25, 0.3) is 0 Å². The van der Waals surface area contributed by atoms with Crippen LogP contribution in [0.1, 0.15) is 32.4 Å². The lowest BCUT2D eigenvalue weighted by Crippen LogP contribution is -2.30. The van der Waals surface area contributed by atoms with E-state index in [4.69, 9.17) is 0 Å². The number of phenols is 1. The quantitative estimate of drug-likeness (QED) is 0.751. The molecule has 1 heterocycles. The first-order valence-corrected chi connectivity index (χ1v) is 6.38. The normalized spacial score (nSPS) is 18.7. The van der Waals surface area contributed by atoms with E-state index in [-0.39, 0.29) is 5.41 Å². The molecule has 0 fully saturated rings. The van der Waals surface area contributed by atoms with Gasteiger partial charge in [0.1, 0.15) is 5.75 Å². The molecule has 0 aliphatic carbocycles. The van der Waals surface area contributed by atoms with Gasteiger partial charge in [-0.25, -0.2) is 0 Å². The number of benzene rings is 2. The smallest absolute Gasteiger partial charge is 0.123 e. The zero-order valence-corrected chi connectivity index (χ0v) is 11.4. The molecule has 1 unspecified atom stereocenters. The number of hydrogen-bond acceptors (Lipinski definition) is 2. The summed E-state index contributed by atoms with van der Waals surface area (Å²) < 4.78 is 0. The van der Waals surface area contributed by atoms with E-state index in [2.05, 4.69) is 38.8 Å². The first-order valence-electron chi connectivity index (χ1n) is 6.38. The molecule has 0 saturated carbocycles. The van der Waals surface area contributed by atoms with Crippen molar-refractivity contribution in [3.8, 4) is 5.75 Å². The summed E-state index contributed by atoms with van der Waals surface area (Å²) in [5.74, 6) is 0.374. The zero-order valence-electron chi connectivity index (χ0n) is 11.4. The molecule has 2 aromatic carbocycles. The highest BCUT2D eigenvalue weighted by atomic mass is 16.3. The molecule has 94 valence electrons. The van der Waals surface area contributed by atoms with E-state index >= 15 is 0 Å². The van der Waals surface area contributed by atoms with Crippen molar-refractivity contribution in [1.29, 1.82) is 0 Å². The fourth-order valence-corrected chi connectivity index (χ4v) is 3.32. The van der Waals surface area contributed by atoms with Crippen molar-refractivity contribution in [3.63, 3.8) is 0 Å². The van der Waals surface area contributed by atoms with Gasteiger partial charge in [-0.3, -0.25) is 0 Å². The van der Waals surface area contributed by atoms with E-state index in [1.54, 1.807) is 6.07 Å². The van der Waals surface area contributed by atoms with Gasteiger partial charge in [0.05, 0.1) is 6.04 Å². The highest BCUT2D eigenvalue weighted by Crippen LogP contribution is 2.51. The molecule has 2 nitrogen and oxygen atoms in total. The molecular weight excluding hydrogens is 222 g/mol. The Bertz CT molecular complexity index is 625. The summed E-state index contributed by atoms with van der Waals surface area (Å²) in [5, 5.41) is 12.2. The van der Waals surface area contributed by atoms with Crippen LogP contribution in [0.2, 0.25) is 0 Å². The summed E-state index contributed by atoms with van der Waals surface area (Å²) in [6.07, 6.45) is 0. The van der Waals surface area contributed by atoms with Gasteiger partial charge >= 0.3 is 0 Å². The molecule has 0 spiro atoms. The van der Waals surface area contributed by atoms with Gasteiger partial charge < -0.3 is 10.0 Å². The second kappa shape index (κ2) is 3.41. The van der Waals surface area contributed by atoms with Gasteiger partial charge in [0.15, 0.2) is 0 Å². The third-order valence-corrected chi connectivity index (χ3v) is 3.91. The van der Waals surface area contributed by atoms with E-state index in [1.165, 1.54) is 16.6 Å². The molecular formula is C16H19NO. The zero-order chi connectivity index (χ0) is 13.1. The minimum absolute atomic E-state index is 0.164. The van der Waals surface area contributed by atoms with Gasteiger partial charge in [0, 0.05) is 23.5 Å². The van der Waals surface area contributed by atoms with Gasteiger partial charge in [-0.1, -0.05) is 39.0 Å². The van der Waals surface area contributed by atoms with E-state index in [9.17, 15) is 5.11 Å². The van der Waals surface area contributed by atoms with Gasteiger partial charge in [-0.05, 0) is 23.1 Å². The van der Waals surface area contributed by atoms with Gasteiger partial charge in [-0.2, -0.15) is 0 Å². The third kappa shape index (κ3) is 1.35. The van der Waals surface area contributed by atoms with Crippen LogP contribution in [0.3, 0.4) is 0 Å². The van der Waals surface area contributed by atoms with Crippen LogP contribution >= 0.6 is 0 Å². The maximum absolute atomic E-state index is 10.0. The van der Waals surface area contributed by atoms with Crippen molar-refractivity contribution in [3.05, 3.63) is 35.9 Å². The second-order valence-electron chi connectivity index (χ2n) is 6.25. The van der Waals surface area contributed by atoms with Crippen molar-refractivity contribution < 1.29 is 5.11 Å². The van der Waals surface area contributed by atoms with Crippen LogP contribution in [0.5, 0.6) is 5.75 Å². The molecule has 1 aliphatic rings. The number of phenolic OH excluding ortho intramolecular Hbond substituents is 1. The van der Waals surface area contributed by atoms with Gasteiger partial charge in [0.2, 0.25) is 0 Å². The highest BCUT2D eigenvalue weighted by molar-refractivity contribution is 6.03. The lowest BCUT2D eigenvalue weighted by molar-refractivity contribution is 0.323. The number of anilines is 1. The fraction of sp³-hybridized carbons (Fsp3) is 0.375. The SMILES string of the molecule is CN1c2ccc(O)c3cccc(c23)C1C(C)(C)C. The minimum atomic E-state index is 0.164. The van der Waals surface area contributed by atoms with E-state index in [0.717, 1.165) is 5.39 Å². The Morgan fingerprint density at radius 3 is 2.50 bits per heavy atom. The summed E-state index contributed by atoms with van der Waals surface area (Å²) in [7, 11) is 2.14. The lowest BCUT2D eigenvalue weighted by Gasteiger charge is -2.35. The van der Waals surface area contributed by atoms with Crippen LogP contribution in [0.15, 0.2) is 30.3 Å². The summed E-state index contributed by atoms with van der Waals surface area (Å²) in [4.78, 5) is 2.33. The van der Waals surface area contributed by atoms with Crippen molar-refractivity contribution in [2.75, 3.05) is 11.9 Å². The molecule has 0 saturated heterocycles. The standard InChI is InChI=1S/C16H19NO/c1-16(2,3)15-11-7-5-6-10-13(18)9-8-12(14(10)11)17(15)4/h5-9,15,18H,1-4H3. The Hall–Kier alpha value is -1.70. The molecule has 0 amide bonds. The average molecular weight is 241 g/mol. The first kappa shape index (κ1) is 11.4. The van der Waals surface area contributed by atoms with Crippen molar-refractivity contribution >= 4 is 16.5 Å². The van der Waals surface area contributed by atoms with E-state index in [1.807, 2.05) is 18.2 Å². The van der Waals surface area contributed by atoms with Crippen molar-refractivity contribution in [2.45, 2.75) is 26.8 Å². The Labute approximate surface area is 108 Å². The van der Waals surface area contributed by atoms with Gasteiger partial charge in [-0.15, -0.1) is 0 Å². The predicted molar refractivity (Wildman–Crippen MR) is 76.2 cm³/mol. The van der Waals surface area contributed by atoms with Crippen LogP contribution in [0, 0.1) is 5.41 Å². The molecule has 2 aromatic rings. The number of hydrogen-bond donors (Lipinski definition) is 1. The molecule has 1 N–H and O–H groups in total. The number of aromatic hydroxyl groups is 1. The average Bonchev–Trinajstić information content (AvgIpc) is 2.57. The molecule has 0 aromatic heterocycles. The lowest BCUT2D eigenvalue weighted by atomic mass is 9.82. The molecule has 0 bridgehead atoms. The van der Waals surface area contributed by atoms with Crippen LogP contribution in [0.4, 0.5) is 5.69 Å². The first-order chi connectivity index (χ1) is 8.41. The molecule has 18 heavy (non-hydrogen) atoms. The molecule has 1 atom stereocenters. The summed E-state index contributed by atoms with van der Waals surface area (Å²) >= 11 is 0. The third-order valence-electron chi connectivity index (χ3n) is 3.91. The fourth-order valence-electron chi connectivity index (χ4n) is 3.32. The maximum Gasteiger partial charge on any atom is 0.123 e. The summed E-state index contributed by atoms with van der Waals surface area (Å²) in [5.41, 5.74) is 2.71. The Kier molecular flexibility index (Phi) is 2.16. The second-order valence-corrected chi connectivity index (χ2v) is 6.25. The monoisotopic (exact) mass is 241 g/mol. The Balaban J connectivity index is 2.38. The number of rotatable bonds is 0. The van der Waals surface area contributed by atoms with Crippen molar-refractivity contribution in [1.82, 2.24) is 0 Å². The predicted octanol–water partition coefficient (Wildman–Crippen LogP) is 4.08. The summed E-state index contributed by atoms with van der Waals surface area (Å²) in [6.45, 7) is 6.79. The van der Waals surface area contributed by atoms with Crippen LogP contribution in [-0.2, 0) is 0 Å². The largest absolute Gasteiger partial charge is 0.507 e. The minimum Gasteiger partial charge on any atom is -0.507 e. The van der Waals surface area contributed by atoms with Crippen LogP contribution in [0.25, 0.3) is 10.8 Å². The topological polar surface area (TPSA) is 23.5 Å². The molecule has 1 aliphatic heterocycles. The molecule has 2 heteroatoms. The Morgan fingerprint density at radius 1 is 1.11 bits per heavy atom. The highest BCUT2D eigenvalue weighted by Gasteiger charge is 2.37. The summed E-state index contributed by atoms with van der Waals surface area (Å²) in [6, 6.07) is 10.4. The maximum atomic E-state index is 10.0. The Morgan fingerprint density at radius 2 is 1.83 bits per heavy atom. The van der Waals surface area contributed by atoms with Crippen LogP contribution in [-0.4, -0.2) is 12.2 Å². The molecule has 3 rings (SSSR count). The number of nitrogens with zero attached hydrogens (tertiary/aromatic N) is 1.